The Balaban J connectivity index is 1.91. The molecule has 0 atom stereocenters. The normalized spacial score (nSPS) is 16.2. The summed E-state index contributed by atoms with van der Waals surface area (Å²) in [5.74, 6) is 4.46. The van der Waals surface area contributed by atoms with Crippen molar-refractivity contribution in [3.8, 4) is 0 Å². The van der Waals surface area contributed by atoms with Crippen molar-refractivity contribution in [3.05, 3.63) is 72.6 Å². The van der Waals surface area contributed by atoms with Gasteiger partial charge in [-0.25, -0.2) is 0 Å². The van der Waals surface area contributed by atoms with Crippen molar-refractivity contribution in [1.82, 2.24) is 0 Å². The van der Waals surface area contributed by atoms with E-state index in [0.29, 0.717) is 0 Å². The van der Waals surface area contributed by atoms with Crippen LogP contribution < -0.4 is 10.9 Å². The van der Waals surface area contributed by atoms with Gasteiger partial charge in [0, 0.05) is 0 Å². The Morgan fingerprint density at radius 3 is 1.27 bits per heavy atom. The van der Waals surface area contributed by atoms with Crippen molar-refractivity contribution in [3.63, 3.8) is 0 Å². The first kappa shape index (κ1) is 15.4. The predicted molar refractivity (Wildman–Crippen MR) is 117 cm³/mol. The van der Waals surface area contributed by atoms with E-state index in [1.165, 1.54) is 32.5 Å². The molecule has 0 radical (unpaired) electrons. The second-order valence-electron chi connectivity index (χ2n) is 6.80. The van der Waals surface area contributed by atoms with E-state index in [1.807, 2.05) is 12.4 Å². The van der Waals surface area contributed by atoms with Crippen molar-refractivity contribution in [2.75, 3.05) is 0 Å². The highest BCUT2D eigenvalue weighted by molar-refractivity contribution is 6.85. The van der Waals surface area contributed by atoms with Gasteiger partial charge in [0.25, 0.3) is 0 Å². The molecule has 5 rings (SSSR count). The van der Waals surface area contributed by atoms with Gasteiger partial charge in [-0.2, -0.15) is 0 Å². The molecular formula is C22H18B2N2. The minimum absolute atomic E-state index is 0.0815. The monoisotopic (exact) mass is 332 g/mol. The van der Waals surface area contributed by atoms with Gasteiger partial charge >= 0.3 is 13.7 Å². The Kier molecular flexibility index (Phi) is 3.82. The van der Waals surface area contributed by atoms with Gasteiger partial charge in [0.05, 0.1) is 0 Å². The Bertz CT molecular complexity index is 943. The maximum atomic E-state index is 4.79. The lowest BCUT2D eigenvalue weighted by Crippen LogP contribution is -2.36. The van der Waals surface area contributed by atoms with E-state index in [9.17, 15) is 0 Å². The van der Waals surface area contributed by atoms with E-state index in [0.717, 1.165) is 12.8 Å². The molecule has 2 nitrogen and oxygen atoms in total. The highest BCUT2D eigenvalue weighted by Gasteiger charge is 2.26. The molecule has 2 heterocycles. The Hall–Kier alpha value is -2.87. The van der Waals surface area contributed by atoms with Gasteiger partial charge in [-0.15, -0.1) is 0 Å². The van der Waals surface area contributed by atoms with Crippen LogP contribution in [0.15, 0.2) is 82.4 Å². The van der Waals surface area contributed by atoms with Crippen LogP contribution in [0.5, 0.6) is 0 Å². The summed E-state index contributed by atoms with van der Waals surface area (Å²) in [6, 6.07) is 17.4. The summed E-state index contributed by atoms with van der Waals surface area (Å²) in [4.78, 5) is 9.57. The van der Waals surface area contributed by atoms with Crippen LogP contribution in [0.3, 0.4) is 0 Å². The Morgan fingerprint density at radius 1 is 0.577 bits per heavy atom. The summed E-state index contributed by atoms with van der Waals surface area (Å²) in [5, 5.41) is 5.13. The summed E-state index contributed by atoms with van der Waals surface area (Å²) in [7, 11) is 0. The first-order valence-corrected chi connectivity index (χ1v) is 9.23. The van der Waals surface area contributed by atoms with Crippen molar-refractivity contribution >= 4 is 58.6 Å². The first-order chi connectivity index (χ1) is 12.9. The number of hydrogen-bond acceptors (Lipinski definition) is 2. The van der Waals surface area contributed by atoms with E-state index in [4.69, 9.17) is 9.81 Å². The summed E-state index contributed by atoms with van der Waals surface area (Å²) in [6.07, 6.45) is 10.3. The number of hydrogen-bond donors (Lipinski definition) is 0. The zero-order valence-corrected chi connectivity index (χ0v) is 14.5. The maximum absolute atomic E-state index is 4.79. The number of fused-ring (bicyclic) bond motifs is 2. The summed E-state index contributed by atoms with van der Waals surface area (Å²) in [6.45, 7) is 0.163. The van der Waals surface area contributed by atoms with Crippen LogP contribution in [-0.2, 0) is 0 Å². The van der Waals surface area contributed by atoms with E-state index in [-0.39, 0.29) is 13.7 Å². The Labute approximate surface area is 154 Å². The summed E-state index contributed by atoms with van der Waals surface area (Å²) in [5.41, 5.74) is 2.60. The molecule has 0 unspecified atom stereocenters. The number of rotatable bonds is 2. The molecule has 0 fully saturated rings. The molecule has 122 valence electrons. The molecule has 26 heavy (non-hydrogen) atoms. The van der Waals surface area contributed by atoms with Crippen LogP contribution in [0.2, 0.25) is 0 Å². The molecule has 0 saturated heterocycles. The standard InChI is InChI=1S/C22H18B2N2/c1-2-10-18-17(9-1)21(23-13-5-7-15-25-23)19-11-3-4-12-20(19)22(18)24-14-6-8-16-26-24/h1-6,9-16H,7-8H2. The predicted octanol–water partition coefficient (Wildman–Crippen LogP) is 3.53. The fourth-order valence-corrected chi connectivity index (χ4v) is 4.16. The molecular weight excluding hydrogens is 314 g/mol. The average Bonchev–Trinajstić information content (AvgIpc) is 2.73. The maximum Gasteiger partial charge on any atom is 0.337 e. The molecule has 3 aromatic rings. The molecule has 4 heteroatoms. The minimum atomic E-state index is 0.0815. The highest BCUT2D eigenvalue weighted by atomic mass is 14.6. The van der Waals surface area contributed by atoms with Gasteiger partial charge in [-0.1, -0.05) is 72.6 Å². The van der Waals surface area contributed by atoms with Gasteiger partial charge in [0.1, 0.15) is 0 Å². The van der Waals surface area contributed by atoms with Gasteiger partial charge in [0.2, 0.25) is 0 Å². The Morgan fingerprint density at radius 2 is 0.962 bits per heavy atom. The number of benzene rings is 3. The average molecular weight is 332 g/mol. The fraction of sp³-hybridized carbons (Fsp3) is 0.0909. The van der Waals surface area contributed by atoms with E-state index in [2.05, 4.69) is 72.6 Å². The van der Waals surface area contributed by atoms with Crippen LogP contribution in [0, 0.1) is 0 Å². The quantitative estimate of drug-likeness (QED) is 0.507. The van der Waals surface area contributed by atoms with Gasteiger partial charge in [0.15, 0.2) is 0 Å². The van der Waals surface area contributed by atoms with Gasteiger partial charge in [-0.05, 0) is 57.7 Å². The summed E-state index contributed by atoms with van der Waals surface area (Å²) >= 11 is 0. The lowest BCUT2D eigenvalue weighted by molar-refractivity contribution is 1.49. The van der Waals surface area contributed by atoms with Crippen LogP contribution in [0.25, 0.3) is 21.5 Å². The van der Waals surface area contributed by atoms with Crippen molar-refractivity contribution in [2.45, 2.75) is 12.8 Å². The molecule has 2 aliphatic heterocycles. The first-order valence-electron chi connectivity index (χ1n) is 9.23. The smallest absolute Gasteiger partial charge is 0.337 e. The van der Waals surface area contributed by atoms with Crippen molar-refractivity contribution in [2.24, 2.45) is 9.81 Å². The topological polar surface area (TPSA) is 24.7 Å². The molecule has 0 saturated carbocycles. The van der Waals surface area contributed by atoms with Crippen molar-refractivity contribution in [1.29, 1.82) is 0 Å². The lowest BCUT2D eigenvalue weighted by atomic mass is 9.49. The molecule has 2 aliphatic rings. The molecule has 0 amide bonds. The van der Waals surface area contributed by atoms with Gasteiger partial charge < -0.3 is 9.81 Å². The van der Waals surface area contributed by atoms with Crippen molar-refractivity contribution < 1.29 is 0 Å². The third kappa shape index (κ3) is 2.45. The van der Waals surface area contributed by atoms with Crippen LogP contribution in [-0.4, -0.2) is 26.1 Å². The molecule has 3 aromatic carbocycles. The van der Waals surface area contributed by atoms with Crippen LogP contribution in [0.4, 0.5) is 0 Å². The fourth-order valence-electron chi connectivity index (χ4n) is 4.16. The SMILES string of the molecule is C1=CB(c2c3ccccc3c(B3C=CCC=N3)c3ccccc23)N=CC1. The van der Waals surface area contributed by atoms with Crippen LogP contribution >= 0.6 is 0 Å². The van der Waals surface area contributed by atoms with E-state index < -0.39 is 0 Å². The molecule has 0 spiro atoms. The zero-order chi connectivity index (χ0) is 17.3. The molecule has 0 aromatic heterocycles. The lowest BCUT2D eigenvalue weighted by Gasteiger charge is -2.20. The molecule has 0 N–H and O–H groups in total. The van der Waals surface area contributed by atoms with Crippen LogP contribution in [0.1, 0.15) is 12.8 Å². The minimum Gasteiger partial charge on any atom is -0.341 e. The summed E-state index contributed by atoms with van der Waals surface area (Å²) < 4.78 is 0. The molecule has 0 bridgehead atoms. The second kappa shape index (κ2) is 6.45. The third-order valence-electron chi connectivity index (χ3n) is 5.26. The second-order valence-corrected chi connectivity index (χ2v) is 6.80. The zero-order valence-electron chi connectivity index (χ0n) is 14.5. The number of allylic oxidation sites excluding steroid dienone is 2. The number of nitrogens with zero attached hydrogens (tertiary/aromatic N) is 2. The molecule has 0 aliphatic carbocycles. The largest absolute Gasteiger partial charge is 0.341 e. The van der Waals surface area contributed by atoms with Gasteiger partial charge in [-0.3, -0.25) is 0 Å². The van der Waals surface area contributed by atoms with E-state index >= 15 is 0 Å². The third-order valence-corrected chi connectivity index (χ3v) is 5.26. The highest BCUT2D eigenvalue weighted by Crippen LogP contribution is 2.23. The van der Waals surface area contributed by atoms with E-state index in [1.54, 1.807) is 0 Å².